The van der Waals surface area contributed by atoms with Gasteiger partial charge in [-0.3, -0.25) is 0 Å². The van der Waals surface area contributed by atoms with Crippen molar-refractivity contribution in [3.63, 3.8) is 0 Å². The van der Waals surface area contributed by atoms with Gasteiger partial charge in [0.25, 0.3) is 0 Å². The van der Waals surface area contributed by atoms with Crippen molar-refractivity contribution in [3.05, 3.63) is 30.6 Å². The van der Waals surface area contributed by atoms with Crippen molar-refractivity contribution in [2.24, 2.45) is 0 Å². The molecule has 0 aromatic carbocycles. The third-order valence-corrected chi connectivity index (χ3v) is 1.33. The minimum atomic E-state index is 0.442. The normalized spacial score (nSPS) is 9.42. The highest BCUT2D eigenvalue weighted by Gasteiger charge is 1.94. The molecule has 1 aromatic rings. The SMILES string of the molecule is C=CCCOc1nccc(C)n1. The quantitative estimate of drug-likeness (QED) is 0.502. The van der Waals surface area contributed by atoms with Crippen LogP contribution in [-0.2, 0) is 0 Å². The Morgan fingerprint density at radius 1 is 1.67 bits per heavy atom. The van der Waals surface area contributed by atoms with E-state index < -0.39 is 0 Å². The van der Waals surface area contributed by atoms with Gasteiger partial charge in [-0.2, -0.15) is 0 Å². The van der Waals surface area contributed by atoms with Gasteiger partial charge in [0.1, 0.15) is 0 Å². The molecule has 0 amide bonds. The summed E-state index contributed by atoms with van der Waals surface area (Å²) in [4.78, 5) is 8.02. The Bertz CT molecular complexity index is 260. The largest absolute Gasteiger partial charge is 0.463 e. The third-order valence-electron chi connectivity index (χ3n) is 1.33. The summed E-state index contributed by atoms with van der Waals surface area (Å²) >= 11 is 0. The van der Waals surface area contributed by atoms with E-state index in [1.165, 1.54) is 0 Å². The molecule has 0 atom stereocenters. The molecule has 1 heterocycles. The lowest BCUT2D eigenvalue weighted by Crippen LogP contribution is -2.00. The molecule has 0 unspecified atom stereocenters. The lowest BCUT2D eigenvalue weighted by Gasteiger charge is -2.01. The summed E-state index contributed by atoms with van der Waals surface area (Å²) in [5, 5.41) is 0. The zero-order chi connectivity index (χ0) is 8.81. The fourth-order valence-electron chi connectivity index (χ4n) is 0.729. The predicted molar refractivity (Wildman–Crippen MR) is 47.1 cm³/mol. The summed E-state index contributed by atoms with van der Waals surface area (Å²) < 4.78 is 5.23. The Morgan fingerprint density at radius 3 is 3.17 bits per heavy atom. The van der Waals surface area contributed by atoms with E-state index in [1.807, 2.05) is 13.0 Å². The summed E-state index contributed by atoms with van der Waals surface area (Å²) in [5.41, 5.74) is 0.915. The van der Waals surface area contributed by atoms with E-state index in [1.54, 1.807) is 12.3 Å². The molecule has 3 nitrogen and oxygen atoms in total. The van der Waals surface area contributed by atoms with E-state index in [0.717, 1.165) is 12.1 Å². The molecule has 1 rings (SSSR count). The second-order valence-electron chi connectivity index (χ2n) is 2.41. The van der Waals surface area contributed by atoms with Crippen LogP contribution in [0.5, 0.6) is 6.01 Å². The molecular weight excluding hydrogens is 152 g/mol. The Kier molecular flexibility index (Phi) is 3.26. The Labute approximate surface area is 72.1 Å². The molecule has 1 aromatic heterocycles. The molecule has 0 N–H and O–H groups in total. The van der Waals surface area contributed by atoms with Gasteiger partial charge in [0.2, 0.25) is 0 Å². The van der Waals surface area contributed by atoms with Crippen LogP contribution in [0.2, 0.25) is 0 Å². The Balaban J connectivity index is 2.46. The molecule has 0 radical (unpaired) electrons. The van der Waals surface area contributed by atoms with Crippen molar-refractivity contribution in [3.8, 4) is 6.01 Å². The van der Waals surface area contributed by atoms with E-state index >= 15 is 0 Å². The highest BCUT2D eigenvalue weighted by molar-refractivity contribution is 5.02. The average Bonchev–Trinajstić information content (AvgIpc) is 2.05. The van der Waals surface area contributed by atoms with Gasteiger partial charge in [-0.25, -0.2) is 9.97 Å². The topological polar surface area (TPSA) is 35.0 Å². The number of hydrogen-bond acceptors (Lipinski definition) is 3. The summed E-state index contributed by atoms with van der Waals surface area (Å²) in [7, 11) is 0. The van der Waals surface area contributed by atoms with Crippen LogP contribution >= 0.6 is 0 Å². The van der Waals surface area contributed by atoms with Crippen LogP contribution in [0.15, 0.2) is 24.9 Å². The van der Waals surface area contributed by atoms with Crippen LogP contribution in [0.1, 0.15) is 12.1 Å². The van der Waals surface area contributed by atoms with Gasteiger partial charge in [0, 0.05) is 11.9 Å². The summed E-state index contributed by atoms with van der Waals surface area (Å²) in [6.45, 7) is 6.08. The van der Waals surface area contributed by atoms with Crippen LogP contribution < -0.4 is 4.74 Å². The monoisotopic (exact) mass is 164 g/mol. The fourth-order valence-corrected chi connectivity index (χ4v) is 0.729. The summed E-state index contributed by atoms with van der Waals surface area (Å²) in [5.74, 6) is 0. The molecule has 0 spiro atoms. The van der Waals surface area contributed by atoms with E-state index in [0.29, 0.717) is 12.6 Å². The van der Waals surface area contributed by atoms with Crippen molar-refractivity contribution in [2.45, 2.75) is 13.3 Å². The summed E-state index contributed by atoms with van der Waals surface area (Å²) in [6.07, 6.45) is 4.30. The number of ether oxygens (including phenoxy) is 1. The van der Waals surface area contributed by atoms with Crippen molar-refractivity contribution >= 4 is 0 Å². The van der Waals surface area contributed by atoms with Crippen LogP contribution in [-0.4, -0.2) is 16.6 Å². The molecule has 0 saturated heterocycles. The number of nitrogens with zero attached hydrogens (tertiary/aromatic N) is 2. The van der Waals surface area contributed by atoms with Crippen LogP contribution in [0.4, 0.5) is 0 Å². The molecule has 3 heteroatoms. The van der Waals surface area contributed by atoms with Gasteiger partial charge < -0.3 is 4.74 Å². The van der Waals surface area contributed by atoms with Gasteiger partial charge in [0.15, 0.2) is 0 Å². The molecule has 64 valence electrons. The zero-order valence-electron chi connectivity index (χ0n) is 7.16. The van der Waals surface area contributed by atoms with Gasteiger partial charge in [-0.05, 0) is 19.4 Å². The van der Waals surface area contributed by atoms with Gasteiger partial charge >= 0.3 is 6.01 Å². The molecule has 0 aliphatic rings. The highest BCUT2D eigenvalue weighted by Crippen LogP contribution is 2.01. The molecular formula is C9H12N2O. The number of hydrogen-bond donors (Lipinski definition) is 0. The van der Waals surface area contributed by atoms with Crippen LogP contribution in [0.3, 0.4) is 0 Å². The maximum absolute atomic E-state index is 5.23. The van der Waals surface area contributed by atoms with Gasteiger partial charge in [-0.1, -0.05) is 6.08 Å². The first-order valence-corrected chi connectivity index (χ1v) is 3.86. The molecule has 0 aliphatic heterocycles. The fraction of sp³-hybridized carbons (Fsp3) is 0.333. The number of rotatable bonds is 4. The average molecular weight is 164 g/mol. The first-order valence-electron chi connectivity index (χ1n) is 3.86. The molecule has 0 saturated carbocycles. The first kappa shape index (κ1) is 8.71. The minimum Gasteiger partial charge on any atom is -0.463 e. The first-order chi connectivity index (χ1) is 5.83. The van der Waals surface area contributed by atoms with Crippen LogP contribution in [0.25, 0.3) is 0 Å². The standard InChI is InChI=1S/C9H12N2O/c1-3-4-7-12-9-10-6-5-8(2)11-9/h3,5-6H,1,4,7H2,2H3. The second kappa shape index (κ2) is 4.49. The maximum Gasteiger partial charge on any atom is 0.316 e. The van der Waals surface area contributed by atoms with Crippen molar-refractivity contribution < 1.29 is 4.74 Å². The van der Waals surface area contributed by atoms with Crippen molar-refractivity contribution in [1.29, 1.82) is 0 Å². The van der Waals surface area contributed by atoms with E-state index in [-0.39, 0.29) is 0 Å². The number of aromatic nitrogens is 2. The third kappa shape index (κ3) is 2.70. The lowest BCUT2D eigenvalue weighted by molar-refractivity contribution is 0.298. The molecule has 0 bridgehead atoms. The Morgan fingerprint density at radius 2 is 2.50 bits per heavy atom. The smallest absolute Gasteiger partial charge is 0.316 e. The van der Waals surface area contributed by atoms with E-state index in [2.05, 4.69) is 16.5 Å². The van der Waals surface area contributed by atoms with Crippen molar-refractivity contribution in [2.75, 3.05) is 6.61 Å². The lowest BCUT2D eigenvalue weighted by atomic mass is 10.4. The van der Waals surface area contributed by atoms with Gasteiger partial charge in [-0.15, -0.1) is 6.58 Å². The van der Waals surface area contributed by atoms with E-state index in [4.69, 9.17) is 4.74 Å². The molecule has 12 heavy (non-hydrogen) atoms. The maximum atomic E-state index is 5.23. The predicted octanol–water partition coefficient (Wildman–Crippen LogP) is 1.74. The van der Waals surface area contributed by atoms with E-state index in [9.17, 15) is 0 Å². The Hall–Kier alpha value is -1.38. The number of aryl methyl sites for hydroxylation is 1. The molecule has 0 fully saturated rings. The zero-order valence-corrected chi connectivity index (χ0v) is 7.16. The minimum absolute atomic E-state index is 0.442. The van der Waals surface area contributed by atoms with Gasteiger partial charge in [0.05, 0.1) is 6.61 Å². The van der Waals surface area contributed by atoms with Crippen molar-refractivity contribution in [1.82, 2.24) is 9.97 Å². The molecule has 0 aliphatic carbocycles. The highest BCUT2D eigenvalue weighted by atomic mass is 16.5. The summed E-state index contributed by atoms with van der Waals surface area (Å²) in [6, 6.07) is 2.28. The second-order valence-corrected chi connectivity index (χ2v) is 2.41. The van der Waals surface area contributed by atoms with Crippen LogP contribution in [0, 0.1) is 6.92 Å².